The summed E-state index contributed by atoms with van der Waals surface area (Å²) in [5.41, 5.74) is -0.401. The van der Waals surface area contributed by atoms with Crippen molar-refractivity contribution in [1.82, 2.24) is 4.90 Å². The van der Waals surface area contributed by atoms with Crippen LogP contribution in [-0.2, 0) is 4.74 Å². The number of carbonyl (C=O) groups excluding carboxylic acids is 1. The van der Waals surface area contributed by atoms with Crippen molar-refractivity contribution < 1.29 is 9.53 Å². The van der Waals surface area contributed by atoms with Gasteiger partial charge < -0.3 is 9.64 Å². The van der Waals surface area contributed by atoms with Crippen LogP contribution in [0.15, 0.2) is 0 Å². The van der Waals surface area contributed by atoms with Crippen LogP contribution in [-0.4, -0.2) is 39.8 Å². The van der Waals surface area contributed by atoms with Crippen LogP contribution in [0.2, 0.25) is 0 Å². The molecule has 0 bridgehead atoms. The molecule has 100 valence electrons. The fraction of sp³-hybridized carbons (Fsp3) is 0.917. The SMILES string of the molecule is CC(C)(C)OC(=O)N1CCC(C(Br)CBr)CC1. The number of likely N-dealkylation sites (tertiary alicyclic amines) is 1. The fourth-order valence-electron chi connectivity index (χ4n) is 1.90. The molecule has 0 radical (unpaired) electrons. The van der Waals surface area contributed by atoms with Crippen LogP contribution in [0.4, 0.5) is 4.79 Å². The molecule has 1 aliphatic rings. The molecular weight excluding hydrogens is 350 g/mol. The van der Waals surface area contributed by atoms with Gasteiger partial charge in [0.25, 0.3) is 0 Å². The van der Waals surface area contributed by atoms with Gasteiger partial charge in [-0.3, -0.25) is 0 Å². The maximum atomic E-state index is 11.8. The molecule has 1 heterocycles. The van der Waals surface area contributed by atoms with E-state index >= 15 is 0 Å². The molecule has 1 fully saturated rings. The Morgan fingerprint density at radius 1 is 1.41 bits per heavy atom. The zero-order valence-electron chi connectivity index (χ0n) is 10.7. The molecule has 0 aliphatic carbocycles. The van der Waals surface area contributed by atoms with Gasteiger partial charge in [0.15, 0.2) is 0 Å². The molecule has 1 saturated heterocycles. The summed E-state index contributed by atoms with van der Waals surface area (Å²) in [6.45, 7) is 7.30. The predicted molar refractivity (Wildman–Crippen MR) is 77.0 cm³/mol. The normalized spacial score (nSPS) is 20.2. The van der Waals surface area contributed by atoms with Crippen LogP contribution >= 0.6 is 31.9 Å². The fourth-order valence-corrected chi connectivity index (χ4v) is 2.95. The largest absolute Gasteiger partial charge is 0.444 e. The Hall–Kier alpha value is 0.230. The molecule has 1 amide bonds. The van der Waals surface area contributed by atoms with Gasteiger partial charge >= 0.3 is 6.09 Å². The van der Waals surface area contributed by atoms with Gasteiger partial charge in [-0.05, 0) is 39.5 Å². The Kier molecular flexibility index (Phi) is 5.77. The molecule has 3 nitrogen and oxygen atoms in total. The van der Waals surface area contributed by atoms with E-state index in [9.17, 15) is 4.79 Å². The second kappa shape index (κ2) is 6.41. The number of amides is 1. The second-order valence-corrected chi connectivity index (χ2v) is 7.30. The molecule has 1 aliphatic heterocycles. The first kappa shape index (κ1) is 15.3. The van der Waals surface area contributed by atoms with Gasteiger partial charge in [-0.25, -0.2) is 4.79 Å². The lowest BCUT2D eigenvalue weighted by atomic mass is 9.94. The average Bonchev–Trinajstić information content (AvgIpc) is 2.26. The van der Waals surface area contributed by atoms with Gasteiger partial charge in [-0.15, -0.1) is 0 Å². The van der Waals surface area contributed by atoms with E-state index in [0.29, 0.717) is 10.7 Å². The summed E-state index contributed by atoms with van der Waals surface area (Å²) < 4.78 is 5.37. The second-order valence-electron chi connectivity index (χ2n) is 5.48. The minimum Gasteiger partial charge on any atom is -0.444 e. The zero-order valence-corrected chi connectivity index (χ0v) is 13.9. The number of halogens is 2. The van der Waals surface area contributed by atoms with Crippen molar-refractivity contribution in [2.24, 2.45) is 5.92 Å². The van der Waals surface area contributed by atoms with E-state index in [1.807, 2.05) is 25.7 Å². The summed E-state index contributed by atoms with van der Waals surface area (Å²) in [4.78, 5) is 14.2. The highest BCUT2D eigenvalue weighted by atomic mass is 79.9. The first-order valence-corrected chi connectivity index (χ1v) is 8.05. The third kappa shape index (κ3) is 5.16. The van der Waals surface area contributed by atoms with Crippen LogP contribution in [0.5, 0.6) is 0 Å². The van der Waals surface area contributed by atoms with Crippen molar-refractivity contribution in [3.63, 3.8) is 0 Å². The first-order chi connectivity index (χ1) is 7.83. The lowest BCUT2D eigenvalue weighted by Gasteiger charge is -2.34. The summed E-state index contributed by atoms with van der Waals surface area (Å²) >= 11 is 7.14. The Morgan fingerprint density at radius 3 is 2.35 bits per heavy atom. The van der Waals surface area contributed by atoms with E-state index in [1.54, 1.807) is 0 Å². The molecule has 1 unspecified atom stereocenters. The highest BCUT2D eigenvalue weighted by Crippen LogP contribution is 2.27. The molecule has 0 saturated carbocycles. The number of alkyl halides is 2. The van der Waals surface area contributed by atoms with Crippen LogP contribution in [0.3, 0.4) is 0 Å². The summed E-state index contributed by atoms with van der Waals surface area (Å²) in [5, 5.41) is 0.962. The number of carbonyl (C=O) groups is 1. The predicted octanol–water partition coefficient (Wildman–Crippen LogP) is 3.79. The molecule has 5 heteroatoms. The summed E-state index contributed by atoms with van der Waals surface area (Å²) in [7, 11) is 0. The van der Waals surface area contributed by atoms with E-state index in [0.717, 1.165) is 31.3 Å². The number of ether oxygens (including phenoxy) is 1. The number of hydrogen-bond acceptors (Lipinski definition) is 2. The van der Waals surface area contributed by atoms with Crippen LogP contribution in [0.1, 0.15) is 33.6 Å². The van der Waals surface area contributed by atoms with E-state index < -0.39 is 5.60 Å². The third-order valence-electron chi connectivity index (χ3n) is 2.85. The van der Waals surface area contributed by atoms with Crippen molar-refractivity contribution in [3.05, 3.63) is 0 Å². The molecule has 0 N–H and O–H groups in total. The lowest BCUT2D eigenvalue weighted by molar-refractivity contribution is 0.0185. The highest BCUT2D eigenvalue weighted by Gasteiger charge is 2.29. The molecule has 1 rings (SSSR count). The van der Waals surface area contributed by atoms with Gasteiger partial charge in [-0.2, -0.15) is 0 Å². The minimum absolute atomic E-state index is 0.180. The quantitative estimate of drug-likeness (QED) is 0.692. The van der Waals surface area contributed by atoms with Gasteiger partial charge in [0.2, 0.25) is 0 Å². The maximum absolute atomic E-state index is 11.8. The molecule has 0 spiro atoms. The lowest BCUT2D eigenvalue weighted by Crippen LogP contribution is -2.43. The van der Waals surface area contributed by atoms with Crippen molar-refractivity contribution in [2.75, 3.05) is 18.4 Å². The van der Waals surface area contributed by atoms with Gasteiger partial charge in [-0.1, -0.05) is 31.9 Å². The smallest absolute Gasteiger partial charge is 0.410 e. The van der Waals surface area contributed by atoms with E-state index in [2.05, 4.69) is 31.9 Å². The van der Waals surface area contributed by atoms with E-state index in [4.69, 9.17) is 4.74 Å². The monoisotopic (exact) mass is 369 g/mol. The number of hydrogen-bond donors (Lipinski definition) is 0. The van der Waals surface area contributed by atoms with Crippen molar-refractivity contribution in [1.29, 1.82) is 0 Å². The minimum atomic E-state index is -0.401. The molecule has 1 atom stereocenters. The Morgan fingerprint density at radius 2 is 1.94 bits per heavy atom. The Balaban J connectivity index is 2.39. The van der Waals surface area contributed by atoms with Crippen LogP contribution < -0.4 is 0 Å². The van der Waals surface area contributed by atoms with Gasteiger partial charge in [0.1, 0.15) is 5.60 Å². The third-order valence-corrected chi connectivity index (χ3v) is 5.49. The van der Waals surface area contributed by atoms with Gasteiger partial charge in [0.05, 0.1) is 0 Å². The molecule has 0 aromatic heterocycles. The topological polar surface area (TPSA) is 29.5 Å². The standard InChI is InChI=1S/C12H21Br2NO2/c1-12(2,3)17-11(16)15-6-4-9(5-7-15)10(14)8-13/h9-10H,4-8H2,1-3H3. The molecule has 0 aromatic carbocycles. The number of nitrogens with zero attached hydrogens (tertiary/aromatic N) is 1. The van der Waals surface area contributed by atoms with Gasteiger partial charge in [0, 0.05) is 23.2 Å². The zero-order chi connectivity index (χ0) is 13.1. The average molecular weight is 371 g/mol. The highest BCUT2D eigenvalue weighted by molar-refractivity contribution is 9.12. The van der Waals surface area contributed by atoms with Crippen molar-refractivity contribution in [2.45, 2.75) is 44.0 Å². The summed E-state index contributed by atoms with van der Waals surface area (Å²) in [6.07, 6.45) is 1.91. The number of rotatable bonds is 2. The first-order valence-electron chi connectivity index (χ1n) is 6.01. The van der Waals surface area contributed by atoms with E-state index in [1.165, 1.54) is 0 Å². The molecular formula is C12H21Br2NO2. The van der Waals surface area contributed by atoms with E-state index in [-0.39, 0.29) is 6.09 Å². The molecule has 0 aromatic rings. The Bertz CT molecular complexity index is 258. The van der Waals surface area contributed by atoms with Crippen molar-refractivity contribution in [3.8, 4) is 0 Å². The van der Waals surface area contributed by atoms with Crippen LogP contribution in [0.25, 0.3) is 0 Å². The Labute approximate surface area is 121 Å². The summed E-state index contributed by atoms with van der Waals surface area (Å²) in [5.74, 6) is 0.646. The van der Waals surface area contributed by atoms with Crippen molar-refractivity contribution >= 4 is 38.0 Å². The summed E-state index contributed by atoms with van der Waals surface area (Å²) in [6, 6.07) is 0. The van der Waals surface area contributed by atoms with Crippen LogP contribution in [0, 0.1) is 5.92 Å². The number of piperidine rings is 1. The maximum Gasteiger partial charge on any atom is 0.410 e. The molecule has 17 heavy (non-hydrogen) atoms.